The number of anilines is 1. The number of carbonyl (C=O) groups excluding carboxylic acids is 2. The second kappa shape index (κ2) is 12.6. The van der Waals surface area contributed by atoms with E-state index >= 15 is 0 Å². The average molecular weight is 533 g/mol. The van der Waals surface area contributed by atoms with Gasteiger partial charge in [0.1, 0.15) is 11.5 Å². The molecular formula is C25H29ClN4O5S. The van der Waals surface area contributed by atoms with E-state index in [1.54, 1.807) is 13.2 Å². The molecule has 192 valence electrons. The first-order chi connectivity index (χ1) is 17.2. The Kier molecular flexibility index (Phi) is 9.60. The second-order valence-corrected chi connectivity index (χ2v) is 9.66. The molecule has 36 heavy (non-hydrogen) atoms. The number of carbonyl (C=O) groups is 2. The molecule has 0 spiro atoms. The number of ether oxygens (including phenoxy) is 3. The number of rotatable bonds is 11. The fourth-order valence-electron chi connectivity index (χ4n) is 3.37. The first kappa shape index (κ1) is 27.3. The van der Waals surface area contributed by atoms with Crippen LogP contribution in [0.1, 0.15) is 43.1 Å². The van der Waals surface area contributed by atoms with Gasteiger partial charge in [0.25, 0.3) is 0 Å². The van der Waals surface area contributed by atoms with Crippen LogP contribution >= 0.6 is 23.4 Å². The van der Waals surface area contributed by atoms with Crippen LogP contribution in [-0.2, 0) is 16.1 Å². The molecule has 3 rings (SSSR count). The zero-order valence-electron chi connectivity index (χ0n) is 20.8. The zero-order chi connectivity index (χ0) is 26.2. The van der Waals surface area contributed by atoms with Gasteiger partial charge in [-0.25, -0.2) is 4.79 Å². The van der Waals surface area contributed by atoms with Gasteiger partial charge in [-0.2, -0.15) is 0 Å². The predicted molar refractivity (Wildman–Crippen MR) is 139 cm³/mol. The maximum absolute atomic E-state index is 12.6. The van der Waals surface area contributed by atoms with Crippen LogP contribution in [0.15, 0.2) is 47.6 Å². The minimum atomic E-state index is -0.579. The SMILES string of the molecule is COC(=O)c1cc(NC(=O)CSc2nnc(C(C)Oc3cccc(OC)c3)n2CC(C)C)ccc1Cl. The Hall–Kier alpha value is -3.24. The molecule has 1 aromatic heterocycles. The van der Waals surface area contributed by atoms with Crippen molar-refractivity contribution in [2.75, 3.05) is 25.3 Å². The van der Waals surface area contributed by atoms with Crippen molar-refractivity contribution in [2.45, 2.75) is 38.6 Å². The molecule has 0 aliphatic carbocycles. The first-order valence-electron chi connectivity index (χ1n) is 11.3. The lowest BCUT2D eigenvalue weighted by molar-refractivity contribution is -0.113. The summed E-state index contributed by atoms with van der Waals surface area (Å²) in [5, 5.41) is 12.3. The van der Waals surface area contributed by atoms with E-state index in [0.717, 1.165) is 0 Å². The third kappa shape index (κ3) is 7.14. The lowest BCUT2D eigenvalue weighted by Gasteiger charge is -2.18. The summed E-state index contributed by atoms with van der Waals surface area (Å²) < 4.78 is 18.1. The molecule has 0 aliphatic heterocycles. The number of hydrogen-bond donors (Lipinski definition) is 1. The lowest BCUT2D eigenvalue weighted by Crippen LogP contribution is -2.17. The number of thioether (sulfide) groups is 1. The standard InChI is InChI=1S/C25H29ClN4O5S/c1-15(2)13-30-23(16(3)35-19-8-6-7-18(12-19)33-4)28-29-25(30)36-14-22(31)27-17-9-10-21(26)20(11-17)24(32)34-5/h6-12,15-16H,13-14H2,1-5H3,(H,27,31). The monoisotopic (exact) mass is 532 g/mol. The van der Waals surface area contributed by atoms with Crippen molar-refractivity contribution in [1.29, 1.82) is 0 Å². The Labute approximate surface area is 219 Å². The van der Waals surface area contributed by atoms with Gasteiger partial charge >= 0.3 is 5.97 Å². The highest BCUT2D eigenvalue weighted by Crippen LogP contribution is 2.28. The third-order valence-electron chi connectivity index (χ3n) is 5.00. The molecular weight excluding hydrogens is 504 g/mol. The maximum atomic E-state index is 12.6. The largest absolute Gasteiger partial charge is 0.497 e. The molecule has 1 heterocycles. The summed E-state index contributed by atoms with van der Waals surface area (Å²) in [5.41, 5.74) is 0.617. The topological polar surface area (TPSA) is 105 Å². The summed E-state index contributed by atoms with van der Waals surface area (Å²) >= 11 is 7.32. The number of benzene rings is 2. The van der Waals surface area contributed by atoms with Crippen molar-refractivity contribution < 1.29 is 23.8 Å². The Morgan fingerprint density at radius 2 is 1.83 bits per heavy atom. The molecule has 1 unspecified atom stereocenters. The van der Waals surface area contributed by atoms with Crippen LogP contribution in [0.3, 0.4) is 0 Å². The van der Waals surface area contributed by atoms with E-state index in [9.17, 15) is 9.59 Å². The number of amides is 1. The normalized spacial score (nSPS) is 11.8. The fourth-order valence-corrected chi connectivity index (χ4v) is 4.32. The van der Waals surface area contributed by atoms with E-state index in [0.29, 0.717) is 40.6 Å². The van der Waals surface area contributed by atoms with E-state index in [1.165, 1.54) is 31.0 Å². The smallest absolute Gasteiger partial charge is 0.339 e. The second-order valence-electron chi connectivity index (χ2n) is 8.31. The highest BCUT2D eigenvalue weighted by molar-refractivity contribution is 7.99. The van der Waals surface area contributed by atoms with Gasteiger partial charge in [-0.1, -0.05) is 43.3 Å². The van der Waals surface area contributed by atoms with Crippen molar-refractivity contribution in [1.82, 2.24) is 14.8 Å². The number of nitrogens with zero attached hydrogens (tertiary/aromatic N) is 3. The van der Waals surface area contributed by atoms with Crippen molar-refractivity contribution in [3.63, 3.8) is 0 Å². The fraction of sp³-hybridized carbons (Fsp3) is 0.360. The highest BCUT2D eigenvalue weighted by Gasteiger charge is 2.21. The molecule has 1 amide bonds. The highest BCUT2D eigenvalue weighted by atomic mass is 35.5. The molecule has 2 aromatic carbocycles. The van der Waals surface area contributed by atoms with Gasteiger partial charge in [0.15, 0.2) is 17.1 Å². The van der Waals surface area contributed by atoms with Crippen LogP contribution in [0.4, 0.5) is 5.69 Å². The van der Waals surface area contributed by atoms with Crippen LogP contribution in [0.5, 0.6) is 11.5 Å². The van der Waals surface area contributed by atoms with E-state index < -0.39 is 5.97 Å². The minimum absolute atomic E-state index is 0.0948. The molecule has 0 saturated heterocycles. The van der Waals surface area contributed by atoms with Crippen LogP contribution in [0.2, 0.25) is 5.02 Å². The van der Waals surface area contributed by atoms with Gasteiger partial charge in [-0.15, -0.1) is 10.2 Å². The Bertz CT molecular complexity index is 1220. The van der Waals surface area contributed by atoms with Gasteiger partial charge in [0, 0.05) is 18.3 Å². The molecule has 0 fully saturated rings. The van der Waals surface area contributed by atoms with E-state index in [2.05, 4.69) is 29.4 Å². The molecule has 0 saturated carbocycles. The number of methoxy groups -OCH3 is 2. The molecule has 9 nitrogen and oxygen atoms in total. The van der Waals surface area contributed by atoms with E-state index in [4.69, 9.17) is 25.8 Å². The van der Waals surface area contributed by atoms with Gasteiger partial charge in [0.05, 0.1) is 30.6 Å². The zero-order valence-corrected chi connectivity index (χ0v) is 22.4. The van der Waals surface area contributed by atoms with Crippen molar-refractivity contribution in [2.24, 2.45) is 5.92 Å². The Morgan fingerprint density at radius 1 is 1.08 bits per heavy atom. The molecule has 0 radical (unpaired) electrons. The van der Waals surface area contributed by atoms with Gasteiger partial charge in [0.2, 0.25) is 5.91 Å². The van der Waals surface area contributed by atoms with E-state index in [-0.39, 0.29) is 28.4 Å². The minimum Gasteiger partial charge on any atom is -0.497 e. The summed E-state index contributed by atoms with van der Waals surface area (Å²) in [6.45, 7) is 6.76. The summed E-state index contributed by atoms with van der Waals surface area (Å²) in [6.07, 6.45) is -0.377. The van der Waals surface area contributed by atoms with Crippen LogP contribution in [0.25, 0.3) is 0 Å². The molecule has 11 heteroatoms. The number of aromatic nitrogens is 3. The summed E-state index contributed by atoms with van der Waals surface area (Å²) in [4.78, 5) is 24.5. The van der Waals surface area contributed by atoms with Crippen molar-refractivity contribution in [3.8, 4) is 11.5 Å². The number of esters is 1. The quantitative estimate of drug-likeness (QED) is 0.263. The average Bonchev–Trinajstić information content (AvgIpc) is 3.25. The van der Waals surface area contributed by atoms with Gasteiger partial charge < -0.3 is 24.1 Å². The van der Waals surface area contributed by atoms with Gasteiger partial charge in [-0.3, -0.25) is 4.79 Å². The molecule has 0 aliphatic rings. The summed E-state index contributed by atoms with van der Waals surface area (Å²) in [6, 6.07) is 12.0. The summed E-state index contributed by atoms with van der Waals surface area (Å²) in [5.74, 6) is 1.59. The van der Waals surface area contributed by atoms with Crippen LogP contribution in [-0.4, -0.2) is 46.6 Å². The number of hydrogen-bond acceptors (Lipinski definition) is 8. The summed E-state index contributed by atoms with van der Waals surface area (Å²) in [7, 11) is 2.87. The lowest BCUT2D eigenvalue weighted by atomic mass is 10.2. The Morgan fingerprint density at radius 3 is 2.53 bits per heavy atom. The number of nitrogens with one attached hydrogen (secondary N) is 1. The van der Waals surface area contributed by atoms with Crippen LogP contribution < -0.4 is 14.8 Å². The predicted octanol–water partition coefficient (Wildman–Crippen LogP) is 5.25. The van der Waals surface area contributed by atoms with Gasteiger partial charge in [-0.05, 0) is 43.2 Å². The Balaban J connectivity index is 1.70. The van der Waals surface area contributed by atoms with Crippen molar-refractivity contribution >= 4 is 40.9 Å². The number of halogens is 1. The molecule has 1 atom stereocenters. The molecule has 0 bridgehead atoms. The van der Waals surface area contributed by atoms with E-state index in [1.807, 2.05) is 35.8 Å². The maximum Gasteiger partial charge on any atom is 0.339 e. The van der Waals surface area contributed by atoms with Crippen molar-refractivity contribution in [3.05, 3.63) is 58.9 Å². The third-order valence-corrected chi connectivity index (χ3v) is 6.29. The first-order valence-corrected chi connectivity index (χ1v) is 12.6. The van der Waals surface area contributed by atoms with Crippen LogP contribution in [0, 0.1) is 5.92 Å². The molecule has 3 aromatic rings. The molecule has 1 N–H and O–H groups in total.